The van der Waals surface area contributed by atoms with Gasteiger partial charge in [0.2, 0.25) is 5.91 Å². The summed E-state index contributed by atoms with van der Waals surface area (Å²) >= 11 is 0. The molecule has 1 aromatic carbocycles. The average Bonchev–Trinajstić information content (AvgIpc) is 2.61. The zero-order valence-electron chi connectivity index (χ0n) is 14.0. The Morgan fingerprint density at radius 2 is 2.12 bits per heavy atom. The van der Waals surface area contributed by atoms with E-state index in [4.69, 9.17) is 0 Å². The van der Waals surface area contributed by atoms with Gasteiger partial charge in [0.1, 0.15) is 6.33 Å². The molecule has 0 saturated heterocycles. The quantitative estimate of drug-likeness (QED) is 0.850. The van der Waals surface area contributed by atoms with Gasteiger partial charge in [0.15, 0.2) is 0 Å². The first-order chi connectivity index (χ1) is 11.7. The number of hydrogen-bond donors (Lipinski definition) is 0. The van der Waals surface area contributed by atoms with Crippen LogP contribution < -0.4 is 4.90 Å². The fourth-order valence-electron chi connectivity index (χ4n) is 3.78. The minimum atomic E-state index is 0.187. The highest BCUT2D eigenvalue weighted by Gasteiger charge is 2.29. The second kappa shape index (κ2) is 6.32. The van der Waals surface area contributed by atoms with Crippen molar-refractivity contribution in [2.75, 3.05) is 18.0 Å². The molecule has 0 bridgehead atoms. The molecule has 4 rings (SSSR count). The number of nitrogens with zero attached hydrogens (tertiary/aromatic N) is 4. The van der Waals surface area contributed by atoms with Crippen molar-refractivity contribution in [1.29, 1.82) is 0 Å². The van der Waals surface area contributed by atoms with Gasteiger partial charge in [-0.25, -0.2) is 9.97 Å². The van der Waals surface area contributed by atoms with E-state index in [1.807, 2.05) is 17.2 Å². The van der Waals surface area contributed by atoms with Crippen molar-refractivity contribution >= 4 is 11.6 Å². The van der Waals surface area contributed by atoms with Crippen molar-refractivity contribution in [2.45, 2.75) is 38.8 Å². The summed E-state index contributed by atoms with van der Waals surface area (Å²) in [5.74, 6) is 0.187. The number of rotatable bonds is 2. The van der Waals surface area contributed by atoms with Gasteiger partial charge < -0.3 is 4.90 Å². The summed E-state index contributed by atoms with van der Waals surface area (Å²) in [6.45, 7) is 4.21. The summed E-state index contributed by atoms with van der Waals surface area (Å²) in [6.07, 6.45) is 6.47. The molecule has 0 radical (unpaired) electrons. The summed E-state index contributed by atoms with van der Waals surface area (Å²) in [6, 6.07) is 8.54. The first-order valence-corrected chi connectivity index (χ1v) is 8.62. The molecule has 2 aromatic rings. The molecule has 0 N–H and O–H groups in total. The topological polar surface area (TPSA) is 49.3 Å². The van der Waals surface area contributed by atoms with Crippen LogP contribution in [0.15, 0.2) is 36.8 Å². The van der Waals surface area contributed by atoms with Crippen LogP contribution in [-0.4, -0.2) is 39.9 Å². The summed E-state index contributed by atoms with van der Waals surface area (Å²) in [7, 11) is 0. The number of para-hydroxylation sites is 1. The van der Waals surface area contributed by atoms with Crippen molar-refractivity contribution in [3.05, 3.63) is 53.6 Å². The first kappa shape index (κ1) is 15.3. The number of fused-ring (bicyclic) bond motifs is 2. The lowest BCUT2D eigenvalue weighted by Crippen LogP contribution is -2.48. The van der Waals surface area contributed by atoms with Crippen LogP contribution in [0, 0.1) is 0 Å². The molecule has 2 aliphatic heterocycles. The van der Waals surface area contributed by atoms with Crippen LogP contribution in [0.3, 0.4) is 0 Å². The maximum Gasteiger partial charge on any atom is 0.241 e. The van der Waals surface area contributed by atoms with Crippen molar-refractivity contribution in [3.63, 3.8) is 0 Å². The largest absolute Gasteiger partial charge is 0.308 e. The Labute approximate surface area is 142 Å². The molecule has 0 aliphatic carbocycles. The van der Waals surface area contributed by atoms with Crippen molar-refractivity contribution in [2.24, 2.45) is 0 Å². The van der Waals surface area contributed by atoms with Gasteiger partial charge in [-0.3, -0.25) is 9.69 Å². The fourth-order valence-corrected chi connectivity index (χ4v) is 3.78. The van der Waals surface area contributed by atoms with E-state index in [-0.39, 0.29) is 11.9 Å². The maximum atomic E-state index is 13.0. The Morgan fingerprint density at radius 3 is 3.04 bits per heavy atom. The van der Waals surface area contributed by atoms with Crippen molar-refractivity contribution < 1.29 is 4.79 Å². The van der Waals surface area contributed by atoms with Crippen LogP contribution in [0.25, 0.3) is 0 Å². The highest BCUT2D eigenvalue weighted by atomic mass is 16.2. The SMILES string of the molecule is C[C@@H]1CCc2ccccc2N1C(=O)CN1CCc2cncnc2C1. The number of carbonyl (C=O) groups excluding carboxylic acids is 1. The summed E-state index contributed by atoms with van der Waals surface area (Å²) in [4.78, 5) is 25.6. The van der Waals surface area contributed by atoms with Crippen molar-refractivity contribution in [1.82, 2.24) is 14.9 Å². The molecule has 1 amide bonds. The van der Waals surface area contributed by atoms with E-state index in [1.165, 1.54) is 11.1 Å². The second-order valence-corrected chi connectivity index (χ2v) is 6.74. The lowest BCUT2D eigenvalue weighted by Gasteiger charge is -2.37. The van der Waals surface area contributed by atoms with Gasteiger partial charge in [0.05, 0.1) is 12.2 Å². The zero-order valence-corrected chi connectivity index (χ0v) is 14.0. The van der Waals surface area contributed by atoms with E-state index < -0.39 is 0 Å². The summed E-state index contributed by atoms with van der Waals surface area (Å²) < 4.78 is 0. The predicted molar refractivity (Wildman–Crippen MR) is 92.7 cm³/mol. The van der Waals surface area contributed by atoms with Gasteiger partial charge in [0.25, 0.3) is 0 Å². The molecular weight excluding hydrogens is 300 g/mol. The second-order valence-electron chi connectivity index (χ2n) is 6.74. The minimum Gasteiger partial charge on any atom is -0.308 e. The summed E-state index contributed by atoms with van der Waals surface area (Å²) in [5, 5.41) is 0. The molecule has 0 fully saturated rings. The molecule has 0 spiro atoms. The van der Waals surface area contributed by atoms with E-state index in [2.05, 4.69) is 40.0 Å². The number of aromatic nitrogens is 2. The molecule has 1 aromatic heterocycles. The molecule has 0 saturated carbocycles. The lowest BCUT2D eigenvalue weighted by molar-refractivity contribution is -0.120. The molecule has 1 atom stereocenters. The molecule has 24 heavy (non-hydrogen) atoms. The number of anilines is 1. The van der Waals surface area contributed by atoms with Crippen LogP contribution in [0.2, 0.25) is 0 Å². The van der Waals surface area contributed by atoms with Gasteiger partial charge in [-0.2, -0.15) is 0 Å². The molecule has 3 heterocycles. The number of carbonyl (C=O) groups is 1. The minimum absolute atomic E-state index is 0.187. The van der Waals surface area contributed by atoms with Gasteiger partial charge in [-0.15, -0.1) is 0 Å². The number of amides is 1. The smallest absolute Gasteiger partial charge is 0.241 e. The third-order valence-electron chi connectivity index (χ3n) is 5.10. The molecule has 2 aliphatic rings. The monoisotopic (exact) mass is 322 g/mol. The highest BCUT2D eigenvalue weighted by molar-refractivity contribution is 5.96. The molecule has 0 unspecified atom stereocenters. The van der Waals surface area contributed by atoms with Gasteiger partial charge in [0, 0.05) is 31.0 Å². The molecule has 124 valence electrons. The van der Waals surface area contributed by atoms with E-state index in [9.17, 15) is 4.79 Å². The van der Waals surface area contributed by atoms with Gasteiger partial charge >= 0.3 is 0 Å². The molecular formula is C19H22N4O. The number of benzene rings is 1. The zero-order chi connectivity index (χ0) is 16.5. The maximum absolute atomic E-state index is 13.0. The van der Waals surface area contributed by atoms with Crippen LogP contribution in [-0.2, 0) is 24.2 Å². The van der Waals surface area contributed by atoms with E-state index in [0.717, 1.165) is 43.7 Å². The number of aryl methyl sites for hydroxylation is 1. The van der Waals surface area contributed by atoms with Crippen molar-refractivity contribution in [3.8, 4) is 0 Å². The van der Waals surface area contributed by atoms with E-state index in [1.54, 1.807) is 6.33 Å². The first-order valence-electron chi connectivity index (χ1n) is 8.62. The summed E-state index contributed by atoms with van der Waals surface area (Å²) in [5.41, 5.74) is 4.62. The standard InChI is InChI=1S/C19H22N4O/c1-14-6-7-15-4-2-3-5-18(15)23(14)19(24)12-22-9-8-16-10-20-13-21-17(16)11-22/h2-5,10,13-14H,6-9,11-12H2,1H3/t14-/m1/s1. The van der Waals surface area contributed by atoms with Gasteiger partial charge in [-0.1, -0.05) is 18.2 Å². The number of hydrogen-bond acceptors (Lipinski definition) is 4. The van der Waals surface area contributed by atoms with Crippen LogP contribution in [0.1, 0.15) is 30.2 Å². The molecule has 5 nitrogen and oxygen atoms in total. The Bertz CT molecular complexity index is 761. The Hall–Kier alpha value is -2.27. The Balaban J connectivity index is 1.51. The fraction of sp³-hybridized carbons (Fsp3) is 0.421. The highest BCUT2D eigenvalue weighted by Crippen LogP contribution is 2.30. The predicted octanol–water partition coefficient (Wildman–Crippen LogP) is 2.20. The third-order valence-corrected chi connectivity index (χ3v) is 5.10. The Kier molecular flexibility index (Phi) is 4.02. The lowest BCUT2D eigenvalue weighted by atomic mass is 9.96. The van der Waals surface area contributed by atoms with Crippen LogP contribution in [0.5, 0.6) is 0 Å². The molecule has 5 heteroatoms. The van der Waals surface area contributed by atoms with E-state index in [0.29, 0.717) is 6.54 Å². The van der Waals surface area contributed by atoms with Crippen LogP contribution in [0.4, 0.5) is 5.69 Å². The average molecular weight is 322 g/mol. The Morgan fingerprint density at radius 1 is 1.25 bits per heavy atom. The normalized spacial score (nSPS) is 20.4. The van der Waals surface area contributed by atoms with Crippen LogP contribution >= 0.6 is 0 Å². The van der Waals surface area contributed by atoms with E-state index >= 15 is 0 Å². The third kappa shape index (κ3) is 2.80. The van der Waals surface area contributed by atoms with Gasteiger partial charge in [-0.05, 0) is 43.4 Å².